The van der Waals surface area contributed by atoms with Crippen molar-refractivity contribution in [3.63, 3.8) is 0 Å². The van der Waals surface area contributed by atoms with Crippen molar-refractivity contribution in [2.24, 2.45) is 5.73 Å². The Morgan fingerprint density at radius 3 is 2.44 bits per heavy atom. The number of fused-ring (bicyclic) bond motifs is 1. The Labute approximate surface area is 102 Å². The predicted molar refractivity (Wildman–Crippen MR) is 66.7 cm³/mol. The van der Waals surface area contributed by atoms with E-state index in [-0.39, 0.29) is 18.4 Å². The average Bonchev–Trinajstić information content (AvgIpc) is 2.28. The number of methoxy groups -OCH3 is 2. The minimum absolute atomic E-state index is 0. The summed E-state index contributed by atoms with van der Waals surface area (Å²) in [6, 6.07) is 4.21. The number of hydrogen-bond acceptors (Lipinski definition) is 3. The van der Waals surface area contributed by atoms with Crippen LogP contribution in [0.25, 0.3) is 0 Å². The maximum Gasteiger partial charge on any atom is 0.161 e. The highest BCUT2D eigenvalue weighted by molar-refractivity contribution is 5.85. The Bertz CT molecular complexity index is 368. The third-order valence-corrected chi connectivity index (χ3v) is 3.01. The van der Waals surface area contributed by atoms with Gasteiger partial charge in [0.05, 0.1) is 14.2 Å². The van der Waals surface area contributed by atoms with Crippen LogP contribution in [-0.4, -0.2) is 14.2 Å². The van der Waals surface area contributed by atoms with Gasteiger partial charge in [-0.15, -0.1) is 12.4 Å². The number of aryl methyl sites for hydroxylation is 1. The van der Waals surface area contributed by atoms with Gasteiger partial charge in [0, 0.05) is 6.04 Å². The molecule has 1 aromatic carbocycles. The van der Waals surface area contributed by atoms with Crippen LogP contribution in [0.1, 0.15) is 30.0 Å². The van der Waals surface area contributed by atoms with Crippen LogP contribution >= 0.6 is 12.4 Å². The second-order valence-electron chi connectivity index (χ2n) is 3.90. The Balaban J connectivity index is 0.00000128. The summed E-state index contributed by atoms with van der Waals surface area (Å²) in [5.74, 6) is 1.57. The molecule has 0 radical (unpaired) electrons. The molecule has 0 spiro atoms. The second-order valence-corrected chi connectivity index (χ2v) is 3.90. The Kier molecular flexibility index (Phi) is 4.44. The fourth-order valence-corrected chi connectivity index (χ4v) is 2.17. The Morgan fingerprint density at radius 2 is 1.81 bits per heavy atom. The molecule has 2 rings (SSSR count). The van der Waals surface area contributed by atoms with E-state index in [0.717, 1.165) is 30.8 Å². The monoisotopic (exact) mass is 243 g/mol. The van der Waals surface area contributed by atoms with Crippen LogP contribution in [0.2, 0.25) is 0 Å². The molecule has 0 fully saturated rings. The summed E-state index contributed by atoms with van der Waals surface area (Å²) in [6.45, 7) is 0. The normalized spacial score (nSPS) is 18.3. The van der Waals surface area contributed by atoms with Gasteiger partial charge in [0.15, 0.2) is 11.5 Å². The highest BCUT2D eigenvalue weighted by atomic mass is 35.5. The minimum Gasteiger partial charge on any atom is -0.493 e. The van der Waals surface area contributed by atoms with E-state index in [1.54, 1.807) is 14.2 Å². The molecule has 4 heteroatoms. The van der Waals surface area contributed by atoms with E-state index in [4.69, 9.17) is 15.2 Å². The maximum absolute atomic E-state index is 6.07. The van der Waals surface area contributed by atoms with Gasteiger partial charge in [-0.3, -0.25) is 0 Å². The van der Waals surface area contributed by atoms with Crippen molar-refractivity contribution in [3.8, 4) is 11.5 Å². The molecule has 1 aliphatic rings. The summed E-state index contributed by atoms with van der Waals surface area (Å²) in [6.07, 6.45) is 3.30. The smallest absolute Gasteiger partial charge is 0.161 e. The SMILES string of the molecule is COc1cc2c(cc1OC)C(N)CCC2.Cl. The number of nitrogens with two attached hydrogens (primary N) is 1. The van der Waals surface area contributed by atoms with Crippen LogP contribution in [0.15, 0.2) is 12.1 Å². The first-order valence-corrected chi connectivity index (χ1v) is 5.26. The summed E-state index contributed by atoms with van der Waals surface area (Å²) < 4.78 is 10.5. The van der Waals surface area contributed by atoms with E-state index in [2.05, 4.69) is 0 Å². The summed E-state index contributed by atoms with van der Waals surface area (Å²) in [7, 11) is 3.31. The first-order chi connectivity index (χ1) is 7.26. The van der Waals surface area contributed by atoms with Crippen LogP contribution < -0.4 is 15.2 Å². The molecule has 0 amide bonds. The van der Waals surface area contributed by atoms with Crippen molar-refractivity contribution in [1.82, 2.24) is 0 Å². The molecular formula is C12H18ClNO2. The molecule has 90 valence electrons. The van der Waals surface area contributed by atoms with Crippen LogP contribution in [-0.2, 0) is 6.42 Å². The van der Waals surface area contributed by atoms with E-state index in [1.165, 1.54) is 11.1 Å². The van der Waals surface area contributed by atoms with Gasteiger partial charge in [-0.1, -0.05) is 0 Å². The molecule has 1 unspecified atom stereocenters. The van der Waals surface area contributed by atoms with Crippen molar-refractivity contribution in [3.05, 3.63) is 23.3 Å². The van der Waals surface area contributed by atoms with Gasteiger partial charge < -0.3 is 15.2 Å². The number of rotatable bonds is 2. The molecule has 0 heterocycles. The molecule has 0 aliphatic heterocycles. The number of ether oxygens (including phenoxy) is 2. The quantitative estimate of drug-likeness (QED) is 0.868. The zero-order valence-corrected chi connectivity index (χ0v) is 10.5. The minimum atomic E-state index is 0. The first kappa shape index (κ1) is 13.1. The topological polar surface area (TPSA) is 44.5 Å². The lowest BCUT2D eigenvalue weighted by molar-refractivity contribution is 0.352. The van der Waals surface area contributed by atoms with Gasteiger partial charge in [-0.2, -0.15) is 0 Å². The zero-order valence-electron chi connectivity index (χ0n) is 9.66. The number of halogens is 1. The van der Waals surface area contributed by atoms with Crippen molar-refractivity contribution >= 4 is 12.4 Å². The molecule has 0 bridgehead atoms. The van der Waals surface area contributed by atoms with E-state index in [0.29, 0.717) is 0 Å². The summed E-state index contributed by atoms with van der Waals surface area (Å²) in [5, 5.41) is 0. The van der Waals surface area contributed by atoms with Gasteiger partial charge in [0.25, 0.3) is 0 Å². The molecule has 1 aromatic rings. The largest absolute Gasteiger partial charge is 0.493 e. The van der Waals surface area contributed by atoms with Crippen molar-refractivity contribution in [2.75, 3.05) is 14.2 Å². The van der Waals surface area contributed by atoms with Gasteiger partial charge >= 0.3 is 0 Å². The molecular weight excluding hydrogens is 226 g/mol. The third-order valence-electron chi connectivity index (χ3n) is 3.01. The van der Waals surface area contributed by atoms with Crippen LogP contribution in [0.3, 0.4) is 0 Å². The molecule has 1 aliphatic carbocycles. The number of benzene rings is 1. The second kappa shape index (κ2) is 5.41. The van der Waals surface area contributed by atoms with E-state index >= 15 is 0 Å². The fraction of sp³-hybridized carbons (Fsp3) is 0.500. The summed E-state index contributed by atoms with van der Waals surface area (Å²) in [5.41, 5.74) is 8.57. The average molecular weight is 244 g/mol. The molecule has 16 heavy (non-hydrogen) atoms. The number of hydrogen-bond donors (Lipinski definition) is 1. The van der Waals surface area contributed by atoms with E-state index in [9.17, 15) is 0 Å². The molecule has 1 atom stereocenters. The van der Waals surface area contributed by atoms with E-state index < -0.39 is 0 Å². The standard InChI is InChI=1S/C12H17NO2.ClH/c1-14-11-6-8-4-3-5-10(13)9(8)7-12(11)15-2;/h6-7,10H,3-5,13H2,1-2H3;1H. The Morgan fingerprint density at radius 1 is 1.19 bits per heavy atom. The highest BCUT2D eigenvalue weighted by Crippen LogP contribution is 2.36. The lowest BCUT2D eigenvalue weighted by atomic mass is 9.88. The molecule has 0 saturated carbocycles. The molecule has 3 nitrogen and oxygen atoms in total. The van der Waals surface area contributed by atoms with Gasteiger partial charge in [0.1, 0.15) is 0 Å². The lowest BCUT2D eigenvalue weighted by Crippen LogP contribution is -2.17. The van der Waals surface area contributed by atoms with Crippen molar-refractivity contribution in [1.29, 1.82) is 0 Å². The van der Waals surface area contributed by atoms with Crippen LogP contribution in [0, 0.1) is 0 Å². The highest BCUT2D eigenvalue weighted by Gasteiger charge is 2.19. The first-order valence-electron chi connectivity index (χ1n) is 5.26. The van der Waals surface area contributed by atoms with Crippen molar-refractivity contribution < 1.29 is 9.47 Å². The van der Waals surface area contributed by atoms with Gasteiger partial charge in [-0.05, 0) is 42.5 Å². The molecule has 0 aromatic heterocycles. The van der Waals surface area contributed by atoms with Crippen LogP contribution in [0.5, 0.6) is 11.5 Å². The maximum atomic E-state index is 6.07. The summed E-state index contributed by atoms with van der Waals surface area (Å²) in [4.78, 5) is 0. The van der Waals surface area contributed by atoms with E-state index in [1.807, 2.05) is 12.1 Å². The van der Waals surface area contributed by atoms with Gasteiger partial charge in [0.2, 0.25) is 0 Å². The third kappa shape index (κ3) is 2.25. The van der Waals surface area contributed by atoms with Gasteiger partial charge in [-0.25, -0.2) is 0 Å². The zero-order chi connectivity index (χ0) is 10.8. The summed E-state index contributed by atoms with van der Waals surface area (Å²) >= 11 is 0. The molecule has 0 saturated heterocycles. The molecule has 2 N–H and O–H groups in total. The Hall–Kier alpha value is -0.930. The lowest BCUT2D eigenvalue weighted by Gasteiger charge is -2.23. The predicted octanol–water partition coefficient (Wildman–Crippen LogP) is 2.46. The fourth-order valence-electron chi connectivity index (χ4n) is 2.17. The van der Waals surface area contributed by atoms with Crippen molar-refractivity contribution in [2.45, 2.75) is 25.3 Å². The van der Waals surface area contributed by atoms with Crippen LogP contribution in [0.4, 0.5) is 0 Å².